The fourth-order valence-corrected chi connectivity index (χ4v) is 4.18. The predicted molar refractivity (Wildman–Crippen MR) is 141 cm³/mol. The normalized spacial score (nSPS) is 19.3. The Balaban J connectivity index is 0.00000341. The lowest BCUT2D eigenvalue weighted by Gasteiger charge is -2.21. The lowest BCUT2D eigenvalue weighted by atomic mass is 10.2. The molecular weight excluding hydrogens is 521 g/mol. The Hall–Kier alpha value is -1.33. The van der Waals surface area contributed by atoms with Crippen LogP contribution in [0.15, 0.2) is 35.3 Å². The molecule has 9 heteroatoms. The smallest absolute Gasteiger partial charge is 0.191 e. The Morgan fingerprint density at radius 2 is 2.03 bits per heavy atom. The van der Waals surface area contributed by atoms with Crippen molar-refractivity contribution in [2.24, 2.45) is 12.0 Å². The molecule has 0 bridgehead atoms. The molecular formula is C22H36IN7S. The van der Waals surface area contributed by atoms with Gasteiger partial charge in [-0.15, -0.1) is 34.2 Å². The molecule has 2 unspecified atom stereocenters. The van der Waals surface area contributed by atoms with E-state index < -0.39 is 0 Å². The van der Waals surface area contributed by atoms with Crippen LogP contribution in [0.5, 0.6) is 0 Å². The van der Waals surface area contributed by atoms with Crippen LogP contribution in [-0.2, 0) is 20.1 Å². The molecule has 1 aliphatic rings. The zero-order valence-corrected chi connectivity index (χ0v) is 22.2. The zero-order chi connectivity index (χ0) is 21.3. The summed E-state index contributed by atoms with van der Waals surface area (Å²) < 4.78 is 1.99. The summed E-state index contributed by atoms with van der Waals surface area (Å²) in [5.74, 6) is 3.80. The van der Waals surface area contributed by atoms with E-state index in [2.05, 4.69) is 69.2 Å². The van der Waals surface area contributed by atoms with Gasteiger partial charge in [-0.3, -0.25) is 4.90 Å². The zero-order valence-electron chi connectivity index (χ0n) is 19.0. The van der Waals surface area contributed by atoms with Gasteiger partial charge in [-0.25, -0.2) is 4.99 Å². The molecule has 3 rings (SSSR count). The van der Waals surface area contributed by atoms with Crippen molar-refractivity contribution in [1.82, 2.24) is 30.3 Å². The van der Waals surface area contributed by atoms with E-state index in [-0.39, 0.29) is 24.0 Å². The van der Waals surface area contributed by atoms with Crippen LogP contribution >= 0.6 is 35.7 Å². The van der Waals surface area contributed by atoms with Crippen molar-refractivity contribution in [2.45, 2.75) is 51.9 Å². The number of likely N-dealkylation sites (tertiary alicyclic amines) is 1. The van der Waals surface area contributed by atoms with E-state index in [1.807, 2.05) is 30.3 Å². The second kappa shape index (κ2) is 13.3. The van der Waals surface area contributed by atoms with Crippen LogP contribution in [0.2, 0.25) is 0 Å². The molecule has 0 spiro atoms. The summed E-state index contributed by atoms with van der Waals surface area (Å²) in [5, 5.41) is 15.6. The van der Waals surface area contributed by atoms with E-state index in [0.29, 0.717) is 18.6 Å². The number of hydrogen-bond donors (Lipinski definition) is 2. The Kier molecular flexibility index (Phi) is 11.1. The van der Waals surface area contributed by atoms with Crippen LogP contribution in [0.4, 0.5) is 0 Å². The minimum Gasteiger partial charge on any atom is -0.356 e. The summed E-state index contributed by atoms with van der Waals surface area (Å²) in [7, 11) is 1.99. The van der Waals surface area contributed by atoms with E-state index >= 15 is 0 Å². The average Bonchev–Trinajstić information content (AvgIpc) is 3.25. The number of thioether (sulfide) groups is 1. The summed E-state index contributed by atoms with van der Waals surface area (Å²) in [6, 6.07) is 11.6. The van der Waals surface area contributed by atoms with Crippen molar-refractivity contribution in [1.29, 1.82) is 0 Å². The monoisotopic (exact) mass is 557 g/mol. The minimum atomic E-state index is 0. The van der Waals surface area contributed by atoms with Crippen molar-refractivity contribution in [3.8, 4) is 0 Å². The molecule has 1 fully saturated rings. The molecule has 2 heterocycles. The van der Waals surface area contributed by atoms with E-state index in [0.717, 1.165) is 55.8 Å². The standard InChI is InChI=1S/C22H35N7S.HI/c1-17-13-20(16-29(17)15-19-9-6-5-7-10-19)25-22(23-11-8-12-30-4)24-14-21-27-26-18(2)28(21)3;/h5-7,9-10,17,20H,8,11-16H2,1-4H3,(H2,23,24,25);1H. The first kappa shape index (κ1) is 25.9. The van der Waals surface area contributed by atoms with Crippen LogP contribution in [0.25, 0.3) is 0 Å². The predicted octanol–water partition coefficient (Wildman–Crippen LogP) is 3.19. The van der Waals surface area contributed by atoms with Gasteiger partial charge in [-0.2, -0.15) is 11.8 Å². The Labute approximate surface area is 207 Å². The first-order valence-corrected chi connectivity index (χ1v) is 12.1. The van der Waals surface area contributed by atoms with Gasteiger partial charge in [0.25, 0.3) is 0 Å². The molecule has 7 nitrogen and oxygen atoms in total. The highest BCUT2D eigenvalue weighted by molar-refractivity contribution is 14.0. The maximum atomic E-state index is 4.81. The third kappa shape index (κ3) is 7.94. The molecule has 1 saturated heterocycles. The van der Waals surface area contributed by atoms with Gasteiger partial charge in [0, 0.05) is 38.8 Å². The number of halogens is 1. The number of nitrogens with one attached hydrogen (secondary N) is 2. The van der Waals surface area contributed by atoms with E-state index in [4.69, 9.17) is 4.99 Å². The van der Waals surface area contributed by atoms with Gasteiger partial charge in [-0.05, 0) is 44.3 Å². The molecule has 2 N–H and O–H groups in total. The van der Waals surface area contributed by atoms with Crippen molar-refractivity contribution >= 4 is 41.7 Å². The lowest BCUT2D eigenvalue weighted by Crippen LogP contribution is -2.45. The third-order valence-corrected chi connectivity index (χ3v) is 6.35. The molecule has 172 valence electrons. The van der Waals surface area contributed by atoms with Crippen LogP contribution in [0.1, 0.15) is 37.0 Å². The van der Waals surface area contributed by atoms with Crippen LogP contribution in [-0.4, -0.2) is 62.8 Å². The van der Waals surface area contributed by atoms with E-state index in [1.54, 1.807) is 0 Å². The number of hydrogen-bond acceptors (Lipinski definition) is 5. The molecule has 2 atom stereocenters. The number of aliphatic imine (C=N–C) groups is 1. The van der Waals surface area contributed by atoms with Gasteiger partial charge in [0.15, 0.2) is 11.8 Å². The van der Waals surface area contributed by atoms with Gasteiger partial charge in [0.2, 0.25) is 0 Å². The fourth-order valence-electron chi connectivity index (χ4n) is 3.75. The summed E-state index contributed by atoms with van der Waals surface area (Å²) in [6.45, 7) is 7.72. The second-order valence-electron chi connectivity index (χ2n) is 8.00. The number of aromatic nitrogens is 3. The lowest BCUT2D eigenvalue weighted by molar-refractivity contribution is 0.258. The van der Waals surface area contributed by atoms with Crippen molar-refractivity contribution < 1.29 is 0 Å². The fraction of sp³-hybridized carbons (Fsp3) is 0.591. The largest absolute Gasteiger partial charge is 0.356 e. The van der Waals surface area contributed by atoms with Crippen molar-refractivity contribution in [3.63, 3.8) is 0 Å². The number of benzene rings is 1. The summed E-state index contributed by atoms with van der Waals surface area (Å²) in [4.78, 5) is 7.36. The molecule has 1 aliphatic heterocycles. The quantitative estimate of drug-likeness (QED) is 0.214. The molecule has 31 heavy (non-hydrogen) atoms. The van der Waals surface area contributed by atoms with E-state index in [1.165, 1.54) is 5.56 Å². The Morgan fingerprint density at radius 1 is 1.26 bits per heavy atom. The molecule has 0 aliphatic carbocycles. The highest BCUT2D eigenvalue weighted by atomic mass is 127. The molecule has 1 aromatic heterocycles. The average molecular weight is 558 g/mol. The molecule has 0 saturated carbocycles. The van der Waals surface area contributed by atoms with Crippen molar-refractivity contribution in [3.05, 3.63) is 47.5 Å². The minimum absolute atomic E-state index is 0. The van der Waals surface area contributed by atoms with Gasteiger partial charge >= 0.3 is 0 Å². The summed E-state index contributed by atoms with van der Waals surface area (Å²) in [5.41, 5.74) is 1.37. The first-order valence-electron chi connectivity index (χ1n) is 10.7. The molecule has 0 radical (unpaired) electrons. The summed E-state index contributed by atoms with van der Waals surface area (Å²) in [6.07, 6.45) is 4.37. The Bertz CT molecular complexity index is 811. The third-order valence-electron chi connectivity index (χ3n) is 5.65. The number of rotatable bonds is 9. The Morgan fingerprint density at radius 3 is 2.71 bits per heavy atom. The van der Waals surface area contributed by atoms with Crippen LogP contribution in [0.3, 0.4) is 0 Å². The van der Waals surface area contributed by atoms with Crippen molar-refractivity contribution in [2.75, 3.05) is 25.1 Å². The second-order valence-corrected chi connectivity index (χ2v) is 8.99. The highest BCUT2D eigenvalue weighted by Gasteiger charge is 2.29. The van der Waals surface area contributed by atoms with Gasteiger partial charge in [0.1, 0.15) is 12.4 Å². The summed E-state index contributed by atoms with van der Waals surface area (Å²) >= 11 is 1.87. The van der Waals surface area contributed by atoms with Crippen LogP contribution in [0, 0.1) is 6.92 Å². The molecule has 2 aromatic rings. The number of nitrogens with zero attached hydrogens (tertiary/aromatic N) is 5. The van der Waals surface area contributed by atoms with E-state index in [9.17, 15) is 0 Å². The maximum Gasteiger partial charge on any atom is 0.191 e. The molecule has 1 aromatic carbocycles. The van der Waals surface area contributed by atoms with Crippen LogP contribution < -0.4 is 10.6 Å². The topological polar surface area (TPSA) is 70.4 Å². The highest BCUT2D eigenvalue weighted by Crippen LogP contribution is 2.20. The molecule has 0 amide bonds. The van der Waals surface area contributed by atoms with Gasteiger partial charge in [-0.1, -0.05) is 30.3 Å². The number of aryl methyl sites for hydroxylation is 1. The maximum absolute atomic E-state index is 4.81. The number of guanidine groups is 1. The van der Waals surface area contributed by atoms with Gasteiger partial charge in [0.05, 0.1) is 0 Å². The van der Waals surface area contributed by atoms with Gasteiger partial charge < -0.3 is 15.2 Å². The first-order chi connectivity index (χ1) is 14.6. The SMILES string of the molecule is CSCCCNC(=NCc1nnc(C)n1C)NC1CC(C)N(Cc2ccccc2)C1.I.